The van der Waals surface area contributed by atoms with E-state index < -0.39 is 0 Å². The van der Waals surface area contributed by atoms with Gasteiger partial charge in [-0.15, -0.1) is 11.3 Å². The summed E-state index contributed by atoms with van der Waals surface area (Å²) in [5, 5.41) is 10.6. The Morgan fingerprint density at radius 1 is 1.62 bits per heavy atom. The molecule has 1 aromatic rings. The molecule has 1 atom stereocenters. The number of rotatable bonds is 3. The van der Waals surface area contributed by atoms with Crippen molar-refractivity contribution in [3.8, 4) is 11.8 Å². The maximum atomic E-state index is 8.57. The monoisotopic (exact) mass is 238 g/mol. The number of hydrogen-bond donors (Lipinski definition) is 1. The number of aliphatic hydroxyl groups is 1. The highest BCUT2D eigenvalue weighted by Crippen LogP contribution is 2.17. The lowest BCUT2D eigenvalue weighted by atomic mass is 10.3. The van der Waals surface area contributed by atoms with Crippen LogP contribution in [0.25, 0.3) is 0 Å². The fourth-order valence-corrected chi connectivity index (χ4v) is 2.24. The summed E-state index contributed by atoms with van der Waals surface area (Å²) in [6.07, 6.45) is 1.23. The van der Waals surface area contributed by atoms with Gasteiger partial charge in [-0.05, 0) is 12.5 Å². The molecule has 0 aliphatic carbocycles. The van der Waals surface area contributed by atoms with Crippen LogP contribution in [0.2, 0.25) is 0 Å². The van der Waals surface area contributed by atoms with Crippen molar-refractivity contribution in [3.63, 3.8) is 0 Å². The Balaban J connectivity index is 1.82. The molecular weight excluding hydrogens is 224 g/mol. The molecule has 0 aromatic carbocycles. The molecule has 3 nitrogen and oxygen atoms in total. The summed E-state index contributed by atoms with van der Waals surface area (Å²) in [7, 11) is 0. The zero-order chi connectivity index (χ0) is 11.2. The summed E-state index contributed by atoms with van der Waals surface area (Å²) < 4.78 is 10.9. The van der Waals surface area contributed by atoms with Crippen LogP contribution in [-0.4, -0.2) is 31.0 Å². The molecule has 1 unspecified atom stereocenters. The summed E-state index contributed by atoms with van der Waals surface area (Å²) in [5.41, 5.74) is 0.945. The van der Waals surface area contributed by atoms with Crippen LogP contribution in [0.1, 0.15) is 16.9 Å². The van der Waals surface area contributed by atoms with Crippen molar-refractivity contribution < 1.29 is 14.6 Å². The summed E-state index contributed by atoms with van der Waals surface area (Å²) >= 11 is 1.63. The van der Waals surface area contributed by atoms with E-state index in [0.29, 0.717) is 13.2 Å². The molecule has 1 aromatic heterocycles. The van der Waals surface area contributed by atoms with E-state index >= 15 is 0 Å². The topological polar surface area (TPSA) is 38.7 Å². The predicted molar refractivity (Wildman–Crippen MR) is 62.3 cm³/mol. The van der Waals surface area contributed by atoms with E-state index in [1.807, 2.05) is 11.4 Å². The van der Waals surface area contributed by atoms with Crippen molar-refractivity contribution in [2.75, 3.05) is 19.8 Å². The highest BCUT2D eigenvalue weighted by molar-refractivity contribution is 7.10. The van der Waals surface area contributed by atoms with Crippen molar-refractivity contribution in [2.45, 2.75) is 19.1 Å². The zero-order valence-electron chi connectivity index (χ0n) is 8.94. The fourth-order valence-electron chi connectivity index (χ4n) is 1.51. The fraction of sp³-hybridized carbons (Fsp3) is 0.500. The molecule has 1 fully saturated rings. The molecule has 2 heterocycles. The van der Waals surface area contributed by atoms with Gasteiger partial charge < -0.3 is 14.6 Å². The molecule has 0 saturated carbocycles. The second-order valence-electron chi connectivity index (χ2n) is 3.56. The van der Waals surface area contributed by atoms with Gasteiger partial charge in [-0.25, -0.2) is 0 Å². The predicted octanol–water partition coefficient (Wildman–Crippen LogP) is 1.40. The van der Waals surface area contributed by atoms with Crippen molar-refractivity contribution in [2.24, 2.45) is 0 Å². The second-order valence-corrected chi connectivity index (χ2v) is 4.55. The Kier molecular flexibility index (Phi) is 4.37. The molecule has 1 N–H and O–H groups in total. The molecule has 4 heteroatoms. The van der Waals surface area contributed by atoms with Gasteiger partial charge in [-0.2, -0.15) is 0 Å². The highest BCUT2D eigenvalue weighted by atomic mass is 32.1. The zero-order valence-corrected chi connectivity index (χ0v) is 9.76. The molecule has 86 valence electrons. The lowest BCUT2D eigenvalue weighted by Gasteiger charge is -2.07. The summed E-state index contributed by atoms with van der Waals surface area (Å²) in [6, 6.07) is 2.00. The van der Waals surface area contributed by atoms with Gasteiger partial charge in [-0.1, -0.05) is 11.8 Å². The summed E-state index contributed by atoms with van der Waals surface area (Å²) in [6.45, 7) is 2.05. The minimum Gasteiger partial charge on any atom is -0.384 e. The standard InChI is InChI=1S/C12H14O3S/c13-4-1-2-10-6-12(16-9-10)8-15-11-3-5-14-7-11/h6,9,11,13H,3-5,7-8H2. The summed E-state index contributed by atoms with van der Waals surface area (Å²) in [5.74, 6) is 5.50. The molecule has 1 aliphatic rings. The Labute approximate surface area is 99.0 Å². The number of hydrogen-bond acceptors (Lipinski definition) is 4. The molecule has 1 saturated heterocycles. The average Bonchev–Trinajstić information content (AvgIpc) is 2.95. The maximum Gasteiger partial charge on any atom is 0.104 e. The van der Waals surface area contributed by atoms with Gasteiger partial charge in [0.25, 0.3) is 0 Å². The molecule has 0 bridgehead atoms. The third-order valence-electron chi connectivity index (χ3n) is 2.31. The van der Waals surface area contributed by atoms with Gasteiger partial charge in [0, 0.05) is 22.4 Å². The van der Waals surface area contributed by atoms with Crippen LogP contribution in [0.5, 0.6) is 0 Å². The minimum atomic E-state index is -0.0961. The maximum absolute atomic E-state index is 8.57. The van der Waals surface area contributed by atoms with E-state index in [9.17, 15) is 0 Å². The van der Waals surface area contributed by atoms with Crippen LogP contribution in [0.15, 0.2) is 11.4 Å². The Morgan fingerprint density at radius 2 is 2.56 bits per heavy atom. The van der Waals surface area contributed by atoms with Crippen LogP contribution in [-0.2, 0) is 16.1 Å². The summed E-state index contributed by atoms with van der Waals surface area (Å²) in [4.78, 5) is 1.16. The first-order valence-corrected chi connectivity index (χ1v) is 6.13. The first kappa shape index (κ1) is 11.6. The van der Waals surface area contributed by atoms with E-state index in [4.69, 9.17) is 14.6 Å². The van der Waals surface area contributed by atoms with Gasteiger partial charge in [-0.3, -0.25) is 0 Å². The Morgan fingerprint density at radius 3 is 3.31 bits per heavy atom. The lowest BCUT2D eigenvalue weighted by molar-refractivity contribution is 0.0331. The SMILES string of the molecule is OCC#Cc1csc(COC2CCOC2)c1. The van der Waals surface area contributed by atoms with Gasteiger partial charge in [0.15, 0.2) is 0 Å². The van der Waals surface area contributed by atoms with Crippen LogP contribution < -0.4 is 0 Å². The molecule has 2 rings (SSSR count). The minimum absolute atomic E-state index is 0.0961. The quantitative estimate of drug-likeness (QED) is 0.809. The Hall–Kier alpha value is -0.860. The second kappa shape index (κ2) is 6.02. The van der Waals surface area contributed by atoms with E-state index in [1.165, 1.54) is 0 Å². The first-order chi connectivity index (χ1) is 7.88. The van der Waals surface area contributed by atoms with Crippen molar-refractivity contribution in [3.05, 3.63) is 21.9 Å². The van der Waals surface area contributed by atoms with Crippen molar-refractivity contribution in [1.82, 2.24) is 0 Å². The van der Waals surface area contributed by atoms with Crippen LogP contribution >= 0.6 is 11.3 Å². The van der Waals surface area contributed by atoms with E-state index in [0.717, 1.165) is 23.5 Å². The van der Waals surface area contributed by atoms with E-state index in [1.54, 1.807) is 11.3 Å². The third-order valence-corrected chi connectivity index (χ3v) is 3.22. The third kappa shape index (κ3) is 3.32. The van der Waals surface area contributed by atoms with Gasteiger partial charge in [0.1, 0.15) is 6.61 Å². The molecule has 0 spiro atoms. The average molecular weight is 238 g/mol. The number of ether oxygens (including phenoxy) is 2. The number of thiophene rings is 1. The van der Waals surface area contributed by atoms with Crippen LogP contribution in [0.3, 0.4) is 0 Å². The molecule has 0 amide bonds. The Bertz CT molecular complexity index is 382. The van der Waals surface area contributed by atoms with Gasteiger partial charge in [0.2, 0.25) is 0 Å². The lowest BCUT2D eigenvalue weighted by Crippen LogP contribution is -2.11. The molecular formula is C12H14O3S. The van der Waals surface area contributed by atoms with Gasteiger partial charge >= 0.3 is 0 Å². The molecule has 0 radical (unpaired) electrons. The van der Waals surface area contributed by atoms with Gasteiger partial charge in [0.05, 0.1) is 19.3 Å². The highest BCUT2D eigenvalue weighted by Gasteiger charge is 2.15. The van der Waals surface area contributed by atoms with Crippen LogP contribution in [0.4, 0.5) is 0 Å². The molecule has 16 heavy (non-hydrogen) atoms. The molecule has 1 aliphatic heterocycles. The smallest absolute Gasteiger partial charge is 0.104 e. The van der Waals surface area contributed by atoms with E-state index in [-0.39, 0.29) is 12.7 Å². The number of aliphatic hydroxyl groups excluding tert-OH is 1. The largest absolute Gasteiger partial charge is 0.384 e. The van der Waals surface area contributed by atoms with E-state index in [2.05, 4.69) is 11.8 Å². The first-order valence-electron chi connectivity index (χ1n) is 5.25. The van der Waals surface area contributed by atoms with Crippen molar-refractivity contribution in [1.29, 1.82) is 0 Å². The van der Waals surface area contributed by atoms with Crippen molar-refractivity contribution >= 4 is 11.3 Å². The normalized spacial score (nSPS) is 19.4. The van der Waals surface area contributed by atoms with Crippen LogP contribution in [0, 0.1) is 11.8 Å².